The maximum Gasteiger partial charge on any atom is 0.137 e. The van der Waals surface area contributed by atoms with Crippen molar-refractivity contribution in [2.75, 3.05) is 4.90 Å². The molecule has 4 heteroatoms. The number of fused-ring (bicyclic) bond motifs is 11. The van der Waals surface area contributed by atoms with Gasteiger partial charge in [-0.2, -0.15) is 0 Å². The van der Waals surface area contributed by atoms with Crippen LogP contribution in [0, 0.1) is 0 Å². The Morgan fingerprint density at radius 1 is 0.460 bits per heavy atom. The third-order valence-electron chi connectivity index (χ3n) is 10.2. The Bertz CT molecular complexity index is 3110. The fourth-order valence-corrected chi connectivity index (χ4v) is 9.21. The van der Waals surface area contributed by atoms with E-state index in [4.69, 9.17) is 4.42 Å². The van der Waals surface area contributed by atoms with E-state index in [0.717, 1.165) is 50.2 Å². The molecule has 0 saturated carbocycles. The van der Waals surface area contributed by atoms with E-state index < -0.39 is 0 Å². The molecular formula is C46H28N2OS. The topological polar surface area (TPSA) is 21.3 Å². The number of hydrogen-bond donors (Lipinski definition) is 0. The number of thiophene rings is 1. The van der Waals surface area contributed by atoms with Crippen molar-refractivity contribution in [3.05, 3.63) is 170 Å². The van der Waals surface area contributed by atoms with Crippen molar-refractivity contribution >= 4 is 103 Å². The molecule has 0 unspecified atom stereocenters. The molecule has 0 atom stereocenters. The van der Waals surface area contributed by atoms with E-state index in [1.165, 1.54) is 47.2 Å². The lowest BCUT2D eigenvalue weighted by Crippen LogP contribution is -2.10. The monoisotopic (exact) mass is 656 g/mol. The fraction of sp³-hybridized carbons (Fsp3) is 0. The fourth-order valence-electron chi connectivity index (χ4n) is 7.96. The highest BCUT2D eigenvalue weighted by Gasteiger charge is 2.22. The second-order valence-electron chi connectivity index (χ2n) is 12.9. The maximum absolute atomic E-state index is 6.46. The van der Waals surface area contributed by atoms with Crippen LogP contribution < -0.4 is 4.90 Å². The molecule has 11 rings (SSSR count). The Morgan fingerprint density at radius 2 is 1.14 bits per heavy atom. The minimum absolute atomic E-state index is 0.876. The van der Waals surface area contributed by atoms with Gasteiger partial charge in [-0.1, -0.05) is 103 Å². The molecule has 0 aliphatic rings. The summed E-state index contributed by atoms with van der Waals surface area (Å²) in [5, 5.41) is 9.81. The Morgan fingerprint density at radius 3 is 2.04 bits per heavy atom. The molecule has 0 fully saturated rings. The summed E-state index contributed by atoms with van der Waals surface area (Å²) in [6.45, 7) is 0. The molecule has 8 aromatic carbocycles. The largest absolute Gasteiger partial charge is 0.456 e. The lowest BCUT2D eigenvalue weighted by Gasteiger charge is -2.27. The van der Waals surface area contributed by atoms with Crippen molar-refractivity contribution in [3.63, 3.8) is 0 Å². The van der Waals surface area contributed by atoms with Crippen LogP contribution in [0.2, 0.25) is 0 Å². The van der Waals surface area contributed by atoms with Gasteiger partial charge in [0.1, 0.15) is 11.2 Å². The summed E-state index contributed by atoms with van der Waals surface area (Å²) in [6, 6.07) is 61.2. The first-order valence-electron chi connectivity index (χ1n) is 16.9. The third kappa shape index (κ3) is 3.97. The molecule has 0 saturated heterocycles. The van der Waals surface area contributed by atoms with Crippen molar-refractivity contribution < 1.29 is 4.42 Å². The van der Waals surface area contributed by atoms with E-state index in [-0.39, 0.29) is 0 Å². The number of hydrogen-bond acceptors (Lipinski definition) is 3. The van der Waals surface area contributed by atoms with Crippen molar-refractivity contribution in [2.24, 2.45) is 0 Å². The van der Waals surface area contributed by atoms with Crippen LogP contribution in [0.1, 0.15) is 0 Å². The Labute approximate surface area is 291 Å². The molecule has 0 amide bonds. The van der Waals surface area contributed by atoms with Crippen LogP contribution in [-0.2, 0) is 0 Å². The van der Waals surface area contributed by atoms with E-state index in [2.05, 4.69) is 167 Å². The van der Waals surface area contributed by atoms with Crippen LogP contribution >= 0.6 is 11.3 Å². The van der Waals surface area contributed by atoms with E-state index in [9.17, 15) is 0 Å². The minimum Gasteiger partial charge on any atom is -0.456 e. The maximum atomic E-state index is 6.46. The van der Waals surface area contributed by atoms with Crippen LogP contribution in [0.4, 0.5) is 17.1 Å². The van der Waals surface area contributed by atoms with Crippen molar-refractivity contribution in [3.8, 4) is 5.69 Å². The van der Waals surface area contributed by atoms with Gasteiger partial charge in [0.05, 0.1) is 16.7 Å². The van der Waals surface area contributed by atoms with Gasteiger partial charge in [-0.25, -0.2) is 0 Å². The third-order valence-corrected chi connectivity index (χ3v) is 11.4. The van der Waals surface area contributed by atoms with Gasteiger partial charge >= 0.3 is 0 Å². The predicted octanol–water partition coefficient (Wildman–Crippen LogP) is 13.7. The summed E-state index contributed by atoms with van der Waals surface area (Å²) in [6.07, 6.45) is 0. The van der Waals surface area contributed by atoms with Crippen LogP contribution in [0.3, 0.4) is 0 Å². The molecule has 0 N–H and O–H groups in total. The van der Waals surface area contributed by atoms with Crippen LogP contribution in [-0.4, -0.2) is 4.57 Å². The first-order valence-corrected chi connectivity index (χ1v) is 17.7. The van der Waals surface area contributed by atoms with Crippen molar-refractivity contribution in [2.45, 2.75) is 0 Å². The van der Waals surface area contributed by atoms with E-state index in [1.54, 1.807) is 0 Å². The number of para-hydroxylation sites is 3. The number of furan rings is 1. The van der Waals surface area contributed by atoms with Crippen molar-refractivity contribution in [1.82, 2.24) is 4.57 Å². The van der Waals surface area contributed by atoms with E-state index in [0.29, 0.717) is 0 Å². The molecule has 234 valence electrons. The molecule has 3 nitrogen and oxygen atoms in total. The first kappa shape index (κ1) is 27.6. The molecule has 3 aromatic heterocycles. The Hall–Kier alpha value is -6.36. The van der Waals surface area contributed by atoms with Crippen LogP contribution in [0.15, 0.2) is 174 Å². The number of aromatic nitrogens is 1. The number of nitrogens with zero attached hydrogens (tertiary/aromatic N) is 2. The summed E-state index contributed by atoms with van der Waals surface area (Å²) < 4.78 is 11.4. The summed E-state index contributed by atoms with van der Waals surface area (Å²) in [5.74, 6) is 0. The van der Waals surface area contributed by atoms with Gasteiger partial charge in [-0.15, -0.1) is 11.3 Å². The highest BCUT2D eigenvalue weighted by Crippen LogP contribution is 2.48. The van der Waals surface area contributed by atoms with Crippen LogP contribution in [0.25, 0.3) is 80.4 Å². The zero-order valence-electron chi connectivity index (χ0n) is 26.9. The zero-order chi connectivity index (χ0) is 32.8. The average Bonchev–Trinajstić information content (AvgIpc) is 3.85. The first-order chi connectivity index (χ1) is 24.8. The highest BCUT2D eigenvalue weighted by atomic mass is 32.1. The summed E-state index contributed by atoms with van der Waals surface area (Å²) >= 11 is 1.87. The molecule has 0 spiro atoms. The predicted molar refractivity (Wildman–Crippen MR) is 213 cm³/mol. The normalized spacial score (nSPS) is 12.0. The van der Waals surface area contributed by atoms with E-state index >= 15 is 0 Å². The minimum atomic E-state index is 0.876. The highest BCUT2D eigenvalue weighted by molar-refractivity contribution is 7.26. The molecule has 0 aliphatic carbocycles. The van der Waals surface area contributed by atoms with Gasteiger partial charge in [-0.05, 0) is 71.4 Å². The van der Waals surface area contributed by atoms with Gasteiger partial charge in [0.25, 0.3) is 0 Å². The molecule has 0 aliphatic heterocycles. The summed E-state index contributed by atoms with van der Waals surface area (Å²) in [5.41, 5.74) is 8.55. The number of benzene rings is 8. The molecule has 0 bridgehead atoms. The van der Waals surface area contributed by atoms with Crippen LogP contribution in [0.5, 0.6) is 0 Å². The molecular weight excluding hydrogens is 629 g/mol. The number of rotatable bonds is 4. The quantitative estimate of drug-likeness (QED) is 0.188. The van der Waals surface area contributed by atoms with Gasteiger partial charge in [0.15, 0.2) is 0 Å². The molecule has 11 aromatic rings. The second-order valence-corrected chi connectivity index (χ2v) is 14.0. The average molecular weight is 657 g/mol. The number of anilines is 3. The molecule has 50 heavy (non-hydrogen) atoms. The van der Waals surface area contributed by atoms with Gasteiger partial charge in [0.2, 0.25) is 0 Å². The lowest BCUT2D eigenvalue weighted by molar-refractivity contribution is 0.669. The summed E-state index contributed by atoms with van der Waals surface area (Å²) in [7, 11) is 0. The Balaban J connectivity index is 1.23. The standard InChI is InChI=1S/C46H28N2OS/c1-2-12-30(13-3-1)48-39-17-8-6-15-34(39)35-25-22-31(27-41(35)48)47(32-23-26-37-36-16-7-9-19-42(36)49-43(37)28-32)40-18-10-20-44-45(40)38-24-21-29-11-4-5-14-33(29)46(38)50-44/h1-28H. The second kappa shape index (κ2) is 10.6. The summed E-state index contributed by atoms with van der Waals surface area (Å²) in [4.78, 5) is 2.42. The Kier molecular flexibility index (Phi) is 5.83. The smallest absolute Gasteiger partial charge is 0.137 e. The molecule has 3 heterocycles. The van der Waals surface area contributed by atoms with E-state index in [1.807, 2.05) is 23.5 Å². The molecule has 0 radical (unpaired) electrons. The zero-order valence-corrected chi connectivity index (χ0v) is 27.7. The van der Waals surface area contributed by atoms with Gasteiger partial charge in [0, 0.05) is 64.8 Å². The SMILES string of the molecule is c1ccc(-n2c3ccccc3c3ccc(N(c4ccc5c(c4)oc4ccccc45)c4cccc5sc6c7ccccc7ccc6c45)cc32)cc1. The van der Waals surface area contributed by atoms with Crippen molar-refractivity contribution in [1.29, 1.82) is 0 Å². The van der Waals surface area contributed by atoms with Gasteiger partial charge < -0.3 is 13.9 Å². The lowest BCUT2D eigenvalue weighted by atomic mass is 10.0. The van der Waals surface area contributed by atoms with Gasteiger partial charge in [-0.3, -0.25) is 0 Å².